The summed E-state index contributed by atoms with van der Waals surface area (Å²) in [5.74, 6) is -1.87. The van der Waals surface area contributed by atoms with Gasteiger partial charge in [-0.2, -0.15) is 0 Å². The van der Waals surface area contributed by atoms with Gasteiger partial charge in [-0.15, -0.1) is 11.6 Å². The molecule has 0 bridgehead atoms. The summed E-state index contributed by atoms with van der Waals surface area (Å²) in [5.41, 5.74) is 0.244. The van der Waals surface area contributed by atoms with Gasteiger partial charge in [0.1, 0.15) is 5.75 Å². The lowest BCUT2D eigenvalue weighted by atomic mass is 10.1. The number of hydrogen-bond acceptors (Lipinski definition) is 1. The molecule has 1 aromatic carbocycles. The minimum absolute atomic E-state index is 0.244. The maximum Gasteiger partial charge on any atom is 0.162 e. The summed E-state index contributed by atoms with van der Waals surface area (Å²) in [6.07, 6.45) is 3.79. The third-order valence-electron chi connectivity index (χ3n) is 1.64. The highest BCUT2D eigenvalue weighted by Gasteiger charge is 2.06. The average Bonchev–Trinajstić information content (AvgIpc) is 2.14. The van der Waals surface area contributed by atoms with Crippen LogP contribution in [0.15, 0.2) is 18.2 Å². The number of aromatic hydroxyl groups is 1. The number of alkyl halides is 1. The summed E-state index contributed by atoms with van der Waals surface area (Å²) in [6.45, 7) is 0. The predicted molar refractivity (Wildman–Crippen MR) is 52.4 cm³/mol. The van der Waals surface area contributed by atoms with Crippen LogP contribution in [0.5, 0.6) is 5.75 Å². The highest BCUT2D eigenvalue weighted by molar-refractivity contribution is 6.17. The van der Waals surface area contributed by atoms with Crippen LogP contribution in [0, 0.1) is 11.6 Å². The van der Waals surface area contributed by atoms with Gasteiger partial charge in [-0.1, -0.05) is 12.2 Å². The van der Waals surface area contributed by atoms with Gasteiger partial charge in [-0.05, 0) is 12.5 Å². The van der Waals surface area contributed by atoms with Gasteiger partial charge in [-0.3, -0.25) is 0 Å². The van der Waals surface area contributed by atoms with Crippen LogP contribution in [0.3, 0.4) is 0 Å². The van der Waals surface area contributed by atoms with Gasteiger partial charge in [0.25, 0.3) is 0 Å². The van der Waals surface area contributed by atoms with E-state index >= 15 is 0 Å². The Labute approximate surface area is 85.6 Å². The molecule has 0 atom stereocenters. The molecule has 0 aliphatic rings. The van der Waals surface area contributed by atoms with Crippen LogP contribution in [0.2, 0.25) is 0 Å². The van der Waals surface area contributed by atoms with E-state index in [1.54, 1.807) is 6.08 Å². The van der Waals surface area contributed by atoms with Crippen molar-refractivity contribution < 1.29 is 13.9 Å². The Kier molecular flexibility index (Phi) is 3.89. The molecule has 0 amide bonds. The molecule has 0 aliphatic heterocycles. The van der Waals surface area contributed by atoms with E-state index in [1.165, 1.54) is 6.08 Å². The van der Waals surface area contributed by atoms with Crippen molar-refractivity contribution in [1.29, 1.82) is 0 Å². The fraction of sp³-hybridized carbons (Fsp3) is 0.200. The number of halogens is 3. The Hall–Kier alpha value is -1.09. The molecule has 0 saturated heterocycles. The van der Waals surface area contributed by atoms with Crippen LogP contribution in [0.1, 0.15) is 12.0 Å². The molecule has 0 unspecified atom stereocenters. The molecule has 0 radical (unpaired) electrons. The van der Waals surface area contributed by atoms with E-state index in [9.17, 15) is 13.9 Å². The summed E-state index contributed by atoms with van der Waals surface area (Å²) in [5, 5.41) is 9.22. The highest BCUT2D eigenvalue weighted by atomic mass is 35.5. The molecule has 1 aromatic rings. The van der Waals surface area contributed by atoms with Gasteiger partial charge in [0, 0.05) is 17.5 Å². The van der Waals surface area contributed by atoms with Gasteiger partial charge in [-0.25, -0.2) is 8.78 Å². The fourth-order valence-corrected chi connectivity index (χ4v) is 1.08. The summed E-state index contributed by atoms with van der Waals surface area (Å²) >= 11 is 5.42. The number of rotatable bonds is 3. The van der Waals surface area contributed by atoms with Crippen molar-refractivity contribution in [3.8, 4) is 5.75 Å². The number of phenolic OH excluding ortho intramolecular Hbond substituents is 1. The first-order valence-electron chi connectivity index (χ1n) is 4.05. The van der Waals surface area contributed by atoms with Crippen molar-refractivity contribution in [1.82, 2.24) is 0 Å². The second kappa shape index (κ2) is 4.96. The number of hydrogen-bond donors (Lipinski definition) is 1. The van der Waals surface area contributed by atoms with E-state index in [2.05, 4.69) is 0 Å². The molecular formula is C10H9ClF2O. The number of phenols is 1. The number of benzene rings is 1. The SMILES string of the molecule is Oc1cc(F)c(F)cc1C=CCCCl. The first-order chi connectivity index (χ1) is 6.65. The molecule has 0 spiro atoms. The quantitative estimate of drug-likeness (QED) is 0.772. The molecule has 0 fully saturated rings. The van der Waals surface area contributed by atoms with E-state index in [-0.39, 0.29) is 11.3 Å². The molecule has 14 heavy (non-hydrogen) atoms. The zero-order valence-corrected chi connectivity index (χ0v) is 8.06. The summed E-state index contributed by atoms with van der Waals surface area (Å²) in [7, 11) is 0. The van der Waals surface area contributed by atoms with Gasteiger partial charge in [0.05, 0.1) is 0 Å². The van der Waals surface area contributed by atoms with Gasteiger partial charge < -0.3 is 5.11 Å². The van der Waals surface area contributed by atoms with Crippen molar-refractivity contribution in [2.75, 3.05) is 5.88 Å². The lowest BCUT2D eigenvalue weighted by molar-refractivity contribution is 0.453. The molecule has 0 heterocycles. The third-order valence-corrected chi connectivity index (χ3v) is 1.86. The topological polar surface area (TPSA) is 20.2 Å². The summed E-state index contributed by atoms with van der Waals surface area (Å²) in [6, 6.07) is 1.69. The highest BCUT2D eigenvalue weighted by Crippen LogP contribution is 2.22. The molecule has 76 valence electrons. The first kappa shape index (κ1) is 11.0. The van der Waals surface area contributed by atoms with E-state index in [0.717, 1.165) is 12.1 Å². The van der Waals surface area contributed by atoms with E-state index in [0.29, 0.717) is 12.3 Å². The maximum absolute atomic E-state index is 12.7. The van der Waals surface area contributed by atoms with Crippen LogP contribution in [0.25, 0.3) is 6.08 Å². The minimum Gasteiger partial charge on any atom is -0.507 e. The lowest BCUT2D eigenvalue weighted by Crippen LogP contribution is -1.85. The smallest absolute Gasteiger partial charge is 0.162 e. The fourth-order valence-electron chi connectivity index (χ4n) is 0.959. The first-order valence-corrected chi connectivity index (χ1v) is 4.59. The zero-order valence-electron chi connectivity index (χ0n) is 7.30. The van der Waals surface area contributed by atoms with E-state index in [4.69, 9.17) is 11.6 Å². The van der Waals surface area contributed by atoms with E-state index in [1.807, 2.05) is 0 Å². The van der Waals surface area contributed by atoms with Crippen molar-refractivity contribution in [2.45, 2.75) is 6.42 Å². The second-order valence-corrected chi connectivity index (χ2v) is 3.08. The Morgan fingerprint density at radius 1 is 1.29 bits per heavy atom. The van der Waals surface area contributed by atoms with Crippen LogP contribution in [0.4, 0.5) is 8.78 Å². The largest absolute Gasteiger partial charge is 0.507 e. The van der Waals surface area contributed by atoms with Crippen LogP contribution in [-0.4, -0.2) is 11.0 Å². The average molecular weight is 219 g/mol. The van der Waals surface area contributed by atoms with Gasteiger partial charge >= 0.3 is 0 Å². The molecule has 4 heteroatoms. The van der Waals surface area contributed by atoms with Crippen molar-refractivity contribution in [3.05, 3.63) is 35.4 Å². The van der Waals surface area contributed by atoms with Gasteiger partial charge in [0.15, 0.2) is 11.6 Å². The Morgan fingerprint density at radius 2 is 1.93 bits per heavy atom. The van der Waals surface area contributed by atoms with Crippen LogP contribution in [-0.2, 0) is 0 Å². The zero-order chi connectivity index (χ0) is 10.6. The Bertz CT molecular complexity index is 350. The normalized spacial score (nSPS) is 11.1. The number of allylic oxidation sites excluding steroid dienone is 1. The standard InChI is InChI=1S/C10H9ClF2O/c11-4-2-1-3-7-5-8(12)9(13)6-10(7)14/h1,3,5-6,14H,2,4H2. The third kappa shape index (κ3) is 2.70. The maximum atomic E-state index is 12.7. The van der Waals surface area contributed by atoms with Crippen molar-refractivity contribution in [2.24, 2.45) is 0 Å². The molecule has 0 aromatic heterocycles. The van der Waals surface area contributed by atoms with Crippen molar-refractivity contribution >= 4 is 17.7 Å². The minimum atomic E-state index is -1.06. The lowest BCUT2D eigenvalue weighted by Gasteiger charge is -1.99. The second-order valence-electron chi connectivity index (χ2n) is 2.71. The predicted octanol–water partition coefficient (Wildman–Crippen LogP) is 3.31. The molecule has 0 aliphatic carbocycles. The Morgan fingerprint density at radius 3 is 2.57 bits per heavy atom. The van der Waals surface area contributed by atoms with Crippen molar-refractivity contribution in [3.63, 3.8) is 0 Å². The molecule has 0 saturated carbocycles. The molecule has 1 nitrogen and oxygen atoms in total. The van der Waals surface area contributed by atoms with Crippen LogP contribution < -0.4 is 0 Å². The monoisotopic (exact) mass is 218 g/mol. The van der Waals surface area contributed by atoms with E-state index < -0.39 is 11.6 Å². The van der Waals surface area contributed by atoms with Gasteiger partial charge in [0.2, 0.25) is 0 Å². The Balaban J connectivity index is 2.92. The summed E-state index contributed by atoms with van der Waals surface area (Å²) < 4.78 is 25.3. The van der Waals surface area contributed by atoms with Crippen LogP contribution >= 0.6 is 11.6 Å². The molecule has 1 N–H and O–H groups in total. The summed E-state index contributed by atoms with van der Waals surface area (Å²) in [4.78, 5) is 0. The molecular weight excluding hydrogens is 210 g/mol. The molecule has 1 rings (SSSR count).